The molecule has 0 aliphatic rings. The monoisotopic (exact) mass is 363 g/mol. The van der Waals surface area contributed by atoms with E-state index in [4.69, 9.17) is 0 Å². The first-order chi connectivity index (χ1) is 11.8. The van der Waals surface area contributed by atoms with Crippen LogP contribution in [-0.4, -0.2) is 39.6 Å². The van der Waals surface area contributed by atoms with Gasteiger partial charge < -0.3 is 10.1 Å². The molecule has 0 bridgehead atoms. The highest BCUT2D eigenvalue weighted by Crippen LogP contribution is 2.16. The average molecular weight is 363 g/mol. The van der Waals surface area contributed by atoms with Crippen LogP contribution in [0, 0.1) is 0 Å². The summed E-state index contributed by atoms with van der Waals surface area (Å²) in [4.78, 5) is 25.6. The molecule has 2 amide bonds. The molecule has 0 aromatic heterocycles. The predicted octanol–water partition coefficient (Wildman–Crippen LogP) is 1.83. The highest BCUT2D eigenvalue weighted by atomic mass is 32.2. The Kier molecular flexibility index (Phi) is 5.73. The van der Waals surface area contributed by atoms with Crippen molar-refractivity contribution in [3.8, 4) is 0 Å². The lowest BCUT2D eigenvalue weighted by Gasteiger charge is -2.19. The van der Waals surface area contributed by atoms with Gasteiger partial charge in [0.2, 0.25) is 0 Å². The number of amides is 2. The van der Waals surface area contributed by atoms with E-state index >= 15 is 0 Å². The summed E-state index contributed by atoms with van der Waals surface area (Å²) in [6.07, 6.45) is 0. The van der Waals surface area contributed by atoms with Crippen molar-refractivity contribution in [2.45, 2.75) is 4.90 Å². The van der Waals surface area contributed by atoms with Crippen molar-refractivity contribution in [1.29, 1.82) is 0 Å². The van der Waals surface area contributed by atoms with E-state index in [0.717, 1.165) is 12.1 Å². The third-order valence-corrected chi connectivity index (χ3v) is 4.62. The van der Waals surface area contributed by atoms with Gasteiger partial charge in [-0.1, -0.05) is 30.3 Å². The van der Waals surface area contributed by atoms with E-state index in [1.54, 1.807) is 30.3 Å². The van der Waals surface area contributed by atoms with Crippen LogP contribution in [0.2, 0.25) is 0 Å². The number of para-hydroxylation sites is 1. The van der Waals surface area contributed by atoms with Crippen LogP contribution < -0.4 is 10.1 Å². The maximum absolute atomic E-state index is 12.5. The second-order valence-electron chi connectivity index (χ2n) is 4.94. The van der Waals surface area contributed by atoms with Gasteiger partial charge in [0.1, 0.15) is 0 Å². The van der Waals surface area contributed by atoms with Crippen LogP contribution >= 0.6 is 0 Å². The van der Waals surface area contributed by atoms with Crippen LogP contribution in [0.15, 0.2) is 59.5 Å². The normalized spacial score (nSPS) is 10.8. The molecule has 0 saturated carbocycles. The molecule has 0 atom stereocenters. The van der Waals surface area contributed by atoms with Crippen molar-refractivity contribution in [3.05, 3.63) is 60.2 Å². The molecule has 2 aromatic carbocycles. The van der Waals surface area contributed by atoms with Gasteiger partial charge in [-0.3, -0.25) is 0 Å². The van der Waals surface area contributed by atoms with Crippen LogP contribution in [0.1, 0.15) is 10.4 Å². The number of carbonyl (C=O) groups is 2. The first-order valence-corrected chi connectivity index (χ1v) is 8.63. The molecule has 0 radical (unpaired) electrons. The van der Waals surface area contributed by atoms with Crippen molar-refractivity contribution in [2.24, 2.45) is 0 Å². The smallest absolute Gasteiger partial charge is 0.339 e. The van der Waals surface area contributed by atoms with Crippen molar-refractivity contribution >= 4 is 27.7 Å². The van der Waals surface area contributed by atoms with Gasteiger partial charge in [0.05, 0.1) is 17.6 Å². The number of urea groups is 1. The molecule has 8 nitrogen and oxygen atoms in total. The van der Waals surface area contributed by atoms with Gasteiger partial charge >= 0.3 is 12.0 Å². The van der Waals surface area contributed by atoms with Gasteiger partial charge in [0.25, 0.3) is 10.0 Å². The first-order valence-electron chi connectivity index (χ1n) is 7.14. The molecule has 132 valence electrons. The lowest BCUT2D eigenvalue weighted by atomic mass is 10.2. The lowest BCUT2D eigenvalue weighted by molar-refractivity contribution is 0.0596. The summed E-state index contributed by atoms with van der Waals surface area (Å²) < 4.78 is 29.6. The number of nitrogens with one attached hydrogen (secondary N) is 2. The summed E-state index contributed by atoms with van der Waals surface area (Å²) >= 11 is 0. The number of hydrogen-bond donors (Lipinski definition) is 2. The molecular formula is C16H17N3O5S. The van der Waals surface area contributed by atoms with Crippen molar-refractivity contribution in [1.82, 2.24) is 9.84 Å². The maximum atomic E-state index is 12.5. The van der Waals surface area contributed by atoms with Gasteiger partial charge in [-0.2, -0.15) is 0 Å². The first kappa shape index (κ1) is 18.4. The van der Waals surface area contributed by atoms with E-state index in [1.807, 2.05) is 0 Å². The molecule has 25 heavy (non-hydrogen) atoms. The minimum Gasteiger partial charge on any atom is -0.465 e. The van der Waals surface area contributed by atoms with E-state index in [0.29, 0.717) is 5.69 Å². The van der Waals surface area contributed by atoms with Crippen LogP contribution in [0.4, 0.5) is 10.5 Å². The number of esters is 1. The average Bonchev–Trinajstić information content (AvgIpc) is 2.61. The Morgan fingerprint density at radius 1 is 1.00 bits per heavy atom. The van der Waals surface area contributed by atoms with E-state index in [9.17, 15) is 18.0 Å². The van der Waals surface area contributed by atoms with Gasteiger partial charge in [-0.15, -0.1) is 4.83 Å². The topological polar surface area (TPSA) is 105 Å². The van der Waals surface area contributed by atoms with Crippen LogP contribution in [0.25, 0.3) is 0 Å². The number of methoxy groups -OCH3 is 1. The van der Waals surface area contributed by atoms with Crippen molar-refractivity contribution < 1.29 is 22.7 Å². The summed E-state index contributed by atoms with van der Waals surface area (Å²) in [6, 6.07) is 13.4. The van der Waals surface area contributed by atoms with E-state index < -0.39 is 22.0 Å². The third-order valence-electron chi connectivity index (χ3n) is 3.17. The van der Waals surface area contributed by atoms with E-state index in [-0.39, 0.29) is 10.5 Å². The number of rotatable bonds is 5. The molecule has 2 rings (SSSR count). The van der Waals surface area contributed by atoms with Crippen LogP contribution in [-0.2, 0) is 14.8 Å². The van der Waals surface area contributed by atoms with Gasteiger partial charge in [-0.25, -0.2) is 23.0 Å². The van der Waals surface area contributed by atoms with Crippen LogP contribution in [0.3, 0.4) is 0 Å². The quantitative estimate of drug-likeness (QED) is 0.623. The third kappa shape index (κ3) is 4.55. The van der Waals surface area contributed by atoms with Gasteiger partial charge in [0, 0.05) is 12.7 Å². The minimum absolute atomic E-state index is 0.130. The second kappa shape index (κ2) is 7.77. The number of ether oxygens (including phenoxy) is 1. The summed E-state index contributed by atoms with van der Waals surface area (Å²) in [5, 5.41) is 3.31. The lowest BCUT2D eigenvalue weighted by Crippen LogP contribution is -2.45. The standard InChI is InChI=1S/C16H17N3O5S/c1-19(16(21)17-12-8-4-3-5-9-12)18-25(22,23)14-11-7-6-10-13(14)15(20)24-2/h3-11,18H,1-2H3,(H,17,21). The Hall–Kier alpha value is -2.91. The minimum atomic E-state index is -4.17. The molecule has 0 aliphatic carbocycles. The number of carbonyl (C=O) groups excluding carboxylic acids is 2. The molecule has 0 unspecified atom stereocenters. The molecule has 0 spiro atoms. The molecule has 2 aromatic rings. The van der Waals surface area contributed by atoms with Crippen molar-refractivity contribution in [2.75, 3.05) is 19.5 Å². The molecule has 0 fully saturated rings. The number of hydrogen-bond acceptors (Lipinski definition) is 5. The zero-order valence-electron chi connectivity index (χ0n) is 13.6. The summed E-state index contributed by atoms with van der Waals surface area (Å²) in [5.74, 6) is -0.794. The Morgan fingerprint density at radius 2 is 1.60 bits per heavy atom. The highest BCUT2D eigenvalue weighted by Gasteiger charge is 2.25. The zero-order chi connectivity index (χ0) is 18.4. The molecule has 9 heteroatoms. The summed E-state index contributed by atoms with van der Waals surface area (Å²) in [7, 11) is -1.77. The Balaban J connectivity index is 2.18. The fourth-order valence-corrected chi connectivity index (χ4v) is 3.22. The Labute approximate surface area is 145 Å². The Bertz CT molecular complexity index is 868. The van der Waals surface area contributed by atoms with Crippen molar-refractivity contribution in [3.63, 3.8) is 0 Å². The SMILES string of the molecule is COC(=O)c1ccccc1S(=O)(=O)NN(C)C(=O)Nc1ccccc1. The number of hydrazine groups is 1. The predicted molar refractivity (Wildman–Crippen MR) is 91.3 cm³/mol. The molecule has 0 aliphatic heterocycles. The highest BCUT2D eigenvalue weighted by molar-refractivity contribution is 7.89. The molecular weight excluding hydrogens is 346 g/mol. The largest absolute Gasteiger partial charge is 0.465 e. The fourth-order valence-electron chi connectivity index (χ4n) is 1.98. The number of anilines is 1. The molecule has 0 saturated heterocycles. The van der Waals surface area contributed by atoms with Crippen LogP contribution in [0.5, 0.6) is 0 Å². The summed E-state index contributed by atoms with van der Waals surface area (Å²) in [5.41, 5.74) is 0.378. The Morgan fingerprint density at radius 3 is 2.24 bits per heavy atom. The zero-order valence-corrected chi connectivity index (χ0v) is 14.4. The molecule has 2 N–H and O–H groups in total. The number of sulfonamides is 1. The number of benzene rings is 2. The maximum Gasteiger partial charge on any atom is 0.339 e. The van der Waals surface area contributed by atoms with E-state index in [1.165, 1.54) is 31.3 Å². The second-order valence-corrected chi connectivity index (χ2v) is 6.57. The summed E-state index contributed by atoms with van der Waals surface area (Å²) in [6.45, 7) is 0. The van der Waals surface area contributed by atoms with Gasteiger partial charge in [0.15, 0.2) is 0 Å². The van der Waals surface area contributed by atoms with E-state index in [2.05, 4.69) is 14.9 Å². The van der Waals surface area contributed by atoms with Gasteiger partial charge in [-0.05, 0) is 24.3 Å². The number of nitrogens with zero attached hydrogens (tertiary/aromatic N) is 1. The molecule has 0 heterocycles. The fraction of sp³-hybridized carbons (Fsp3) is 0.125.